The van der Waals surface area contributed by atoms with Crippen LogP contribution in [0.5, 0.6) is 0 Å². The van der Waals surface area contributed by atoms with Crippen molar-refractivity contribution in [2.24, 2.45) is 5.92 Å². The minimum Gasteiger partial charge on any atom is -0.286 e. The Balaban J connectivity index is 2.11. The van der Waals surface area contributed by atoms with E-state index in [4.69, 9.17) is 0 Å². The number of hydrogen-bond acceptors (Lipinski definition) is 2. The van der Waals surface area contributed by atoms with Gasteiger partial charge in [0.05, 0.1) is 6.04 Å². The van der Waals surface area contributed by atoms with Crippen LogP contribution in [0.15, 0.2) is 0 Å². The summed E-state index contributed by atoms with van der Waals surface area (Å²) in [4.78, 5) is 11.0. The first-order valence-electron chi connectivity index (χ1n) is 4.30. The summed E-state index contributed by atoms with van der Waals surface area (Å²) in [5, 5.41) is 10.2. The summed E-state index contributed by atoms with van der Waals surface area (Å²) in [6, 6.07) is 0.149. The highest BCUT2D eigenvalue weighted by atomic mass is 16.5. The van der Waals surface area contributed by atoms with Crippen molar-refractivity contribution in [3.8, 4) is 0 Å². The molecule has 0 aromatic heterocycles. The molecule has 0 aromatic carbocycles. The predicted molar refractivity (Wildman–Crippen MR) is 39.0 cm³/mol. The van der Waals surface area contributed by atoms with E-state index in [-0.39, 0.29) is 11.9 Å². The minimum absolute atomic E-state index is 0.0816. The summed E-state index contributed by atoms with van der Waals surface area (Å²) in [6.07, 6.45) is 5.06. The Morgan fingerprint density at radius 3 is 2.82 bits per heavy atom. The van der Waals surface area contributed by atoms with Gasteiger partial charge in [0, 0.05) is 6.42 Å². The van der Waals surface area contributed by atoms with Gasteiger partial charge in [-0.1, -0.05) is 12.8 Å². The van der Waals surface area contributed by atoms with Crippen molar-refractivity contribution < 1.29 is 10.0 Å². The Kier molecular flexibility index (Phi) is 1.60. The molecular formula is C8H13NO2. The van der Waals surface area contributed by atoms with E-state index in [1.165, 1.54) is 6.42 Å². The van der Waals surface area contributed by atoms with E-state index in [1.54, 1.807) is 0 Å². The van der Waals surface area contributed by atoms with Crippen LogP contribution in [0.3, 0.4) is 0 Å². The number of rotatable bonds is 0. The van der Waals surface area contributed by atoms with Gasteiger partial charge in [0.2, 0.25) is 5.91 Å². The van der Waals surface area contributed by atoms with E-state index < -0.39 is 0 Å². The van der Waals surface area contributed by atoms with Gasteiger partial charge in [-0.05, 0) is 18.8 Å². The Morgan fingerprint density at radius 1 is 1.36 bits per heavy atom. The molecule has 11 heavy (non-hydrogen) atoms. The Bertz CT molecular complexity index is 181. The fraction of sp³-hybridized carbons (Fsp3) is 0.875. The molecule has 0 aromatic rings. The van der Waals surface area contributed by atoms with Crippen molar-refractivity contribution in [1.29, 1.82) is 0 Å². The molecule has 2 fully saturated rings. The highest BCUT2D eigenvalue weighted by molar-refractivity contribution is 5.78. The quantitative estimate of drug-likeness (QED) is 0.533. The number of carbonyl (C=O) groups is 1. The molecule has 1 saturated heterocycles. The molecule has 2 rings (SSSR count). The third-order valence-electron chi connectivity index (χ3n) is 2.88. The molecule has 1 heterocycles. The number of carbonyl (C=O) groups excluding carboxylic acids is 1. The minimum atomic E-state index is -0.0816. The largest absolute Gasteiger partial charge is 0.286 e. The molecule has 3 heteroatoms. The van der Waals surface area contributed by atoms with E-state index in [9.17, 15) is 10.0 Å². The first kappa shape index (κ1) is 7.10. The van der Waals surface area contributed by atoms with E-state index in [0.717, 1.165) is 24.3 Å². The first-order valence-corrected chi connectivity index (χ1v) is 4.30. The SMILES string of the molecule is O=C1CC2CCCCC2N1O. The van der Waals surface area contributed by atoms with Crippen LogP contribution in [0.1, 0.15) is 32.1 Å². The van der Waals surface area contributed by atoms with E-state index in [0.29, 0.717) is 12.3 Å². The second-order valence-electron chi connectivity index (χ2n) is 3.55. The van der Waals surface area contributed by atoms with Crippen molar-refractivity contribution in [2.45, 2.75) is 38.1 Å². The number of fused-ring (bicyclic) bond motifs is 1. The zero-order valence-corrected chi connectivity index (χ0v) is 6.49. The number of amides is 1. The molecule has 0 radical (unpaired) electrons. The maximum atomic E-state index is 11.0. The van der Waals surface area contributed by atoms with E-state index >= 15 is 0 Å². The third kappa shape index (κ3) is 1.03. The molecule has 1 saturated carbocycles. The highest BCUT2D eigenvalue weighted by Crippen LogP contribution is 2.35. The smallest absolute Gasteiger partial charge is 0.246 e. The van der Waals surface area contributed by atoms with Crippen LogP contribution in [0.25, 0.3) is 0 Å². The van der Waals surface area contributed by atoms with Gasteiger partial charge in [-0.15, -0.1) is 0 Å². The lowest BCUT2D eigenvalue weighted by Crippen LogP contribution is -2.33. The van der Waals surface area contributed by atoms with Gasteiger partial charge in [0.25, 0.3) is 0 Å². The van der Waals surface area contributed by atoms with Gasteiger partial charge in [0.15, 0.2) is 0 Å². The van der Waals surface area contributed by atoms with Crippen molar-refractivity contribution in [3.05, 3.63) is 0 Å². The monoisotopic (exact) mass is 155 g/mol. The van der Waals surface area contributed by atoms with Gasteiger partial charge in [0.1, 0.15) is 0 Å². The second kappa shape index (κ2) is 2.48. The van der Waals surface area contributed by atoms with Crippen molar-refractivity contribution in [1.82, 2.24) is 5.06 Å². The Hall–Kier alpha value is -0.570. The molecule has 0 bridgehead atoms. The molecular weight excluding hydrogens is 142 g/mol. The molecule has 2 unspecified atom stereocenters. The Labute approximate surface area is 66.0 Å². The average Bonchev–Trinajstić information content (AvgIpc) is 2.30. The maximum absolute atomic E-state index is 11.0. The van der Waals surface area contributed by atoms with Crippen LogP contribution in [-0.2, 0) is 4.79 Å². The van der Waals surface area contributed by atoms with Crippen LogP contribution < -0.4 is 0 Å². The van der Waals surface area contributed by atoms with Gasteiger partial charge >= 0.3 is 0 Å². The molecule has 2 aliphatic rings. The molecule has 1 N–H and O–H groups in total. The number of nitrogens with zero attached hydrogens (tertiary/aromatic N) is 1. The lowest BCUT2D eigenvalue weighted by molar-refractivity contribution is -0.167. The highest BCUT2D eigenvalue weighted by Gasteiger charge is 2.40. The van der Waals surface area contributed by atoms with Crippen LogP contribution in [0.2, 0.25) is 0 Å². The summed E-state index contributed by atoms with van der Waals surface area (Å²) >= 11 is 0. The summed E-state index contributed by atoms with van der Waals surface area (Å²) in [5.74, 6) is 0.364. The van der Waals surface area contributed by atoms with Crippen LogP contribution in [0, 0.1) is 5.92 Å². The van der Waals surface area contributed by atoms with Crippen LogP contribution in [0.4, 0.5) is 0 Å². The van der Waals surface area contributed by atoms with Crippen LogP contribution >= 0.6 is 0 Å². The zero-order chi connectivity index (χ0) is 7.84. The van der Waals surface area contributed by atoms with E-state index in [1.807, 2.05) is 0 Å². The second-order valence-corrected chi connectivity index (χ2v) is 3.55. The summed E-state index contributed by atoms with van der Waals surface area (Å²) in [7, 11) is 0. The molecule has 0 spiro atoms. The molecule has 1 aliphatic heterocycles. The van der Waals surface area contributed by atoms with Crippen molar-refractivity contribution in [2.75, 3.05) is 0 Å². The van der Waals surface area contributed by atoms with Crippen molar-refractivity contribution >= 4 is 5.91 Å². The molecule has 1 amide bonds. The lowest BCUT2D eigenvalue weighted by atomic mass is 9.85. The van der Waals surface area contributed by atoms with E-state index in [2.05, 4.69) is 0 Å². The normalized spacial score (nSPS) is 37.5. The molecule has 62 valence electrons. The fourth-order valence-electron chi connectivity index (χ4n) is 2.25. The molecule has 1 aliphatic carbocycles. The fourth-order valence-corrected chi connectivity index (χ4v) is 2.25. The zero-order valence-electron chi connectivity index (χ0n) is 6.49. The first-order chi connectivity index (χ1) is 5.29. The molecule has 2 atom stereocenters. The molecule has 3 nitrogen and oxygen atoms in total. The third-order valence-corrected chi connectivity index (χ3v) is 2.88. The summed E-state index contributed by atoms with van der Waals surface area (Å²) in [6.45, 7) is 0. The predicted octanol–water partition coefficient (Wildman–Crippen LogP) is 1.17. The van der Waals surface area contributed by atoms with Crippen LogP contribution in [-0.4, -0.2) is 22.2 Å². The lowest BCUT2D eigenvalue weighted by Gasteiger charge is -2.26. The number of hydroxylamine groups is 2. The summed E-state index contributed by atoms with van der Waals surface area (Å²) in [5.41, 5.74) is 0. The standard InChI is InChI=1S/C8H13NO2/c10-8-5-6-3-1-2-4-7(6)9(8)11/h6-7,11H,1-5H2. The van der Waals surface area contributed by atoms with Gasteiger partial charge in [-0.25, -0.2) is 5.06 Å². The average molecular weight is 155 g/mol. The summed E-state index contributed by atoms with van der Waals surface area (Å²) < 4.78 is 0. The van der Waals surface area contributed by atoms with Crippen molar-refractivity contribution in [3.63, 3.8) is 0 Å². The maximum Gasteiger partial charge on any atom is 0.246 e. The van der Waals surface area contributed by atoms with Gasteiger partial charge < -0.3 is 0 Å². The van der Waals surface area contributed by atoms with Gasteiger partial charge in [-0.3, -0.25) is 10.0 Å². The Morgan fingerprint density at radius 2 is 2.09 bits per heavy atom. The topological polar surface area (TPSA) is 40.5 Å². The number of hydrogen-bond donors (Lipinski definition) is 1. The van der Waals surface area contributed by atoms with Gasteiger partial charge in [-0.2, -0.15) is 0 Å².